The summed E-state index contributed by atoms with van der Waals surface area (Å²) >= 11 is 0. The lowest BCUT2D eigenvalue weighted by atomic mass is 9.97. The molecule has 4 rings (SSSR count). The molecule has 0 radical (unpaired) electrons. The molecular weight excluding hydrogens is 344 g/mol. The summed E-state index contributed by atoms with van der Waals surface area (Å²) in [4.78, 5) is 22.1. The third-order valence-corrected chi connectivity index (χ3v) is 4.86. The molecule has 2 N–H and O–H groups in total. The lowest BCUT2D eigenvalue weighted by molar-refractivity contribution is 0.0987. The zero-order valence-electron chi connectivity index (χ0n) is 15.0. The lowest BCUT2D eigenvalue weighted by Gasteiger charge is -2.31. The Bertz CT molecular complexity index is 904. The van der Waals surface area contributed by atoms with Gasteiger partial charge in [0, 0.05) is 31.4 Å². The van der Waals surface area contributed by atoms with Crippen LogP contribution in [-0.2, 0) is 13.1 Å². The van der Waals surface area contributed by atoms with Gasteiger partial charge in [-0.15, -0.1) is 0 Å². The van der Waals surface area contributed by atoms with Crippen molar-refractivity contribution >= 4 is 5.91 Å². The summed E-state index contributed by atoms with van der Waals surface area (Å²) in [7, 11) is 0. The highest BCUT2D eigenvalue weighted by Gasteiger charge is 2.26. The van der Waals surface area contributed by atoms with Gasteiger partial charge in [0.05, 0.1) is 6.54 Å². The van der Waals surface area contributed by atoms with Crippen LogP contribution in [0.1, 0.15) is 46.7 Å². The van der Waals surface area contributed by atoms with E-state index in [-0.39, 0.29) is 5.82 Å². The van der Waals surface area contributed by atoms with Gasteiger partial charge in [0.15, 0.2) is 0 Å². The second-order valence-electron chi connectivity index (χ2n) is 6.85. The lowest BCUT2D eigenvalue weighted by Crippen LogP contribution is -2.35. The number of hydrogen-bond acceptors (Lipinski definition) is 6. The summed E-state index contributed by atoms with van der Waals surface area (Å²) in [6, 6.07) is 10.4. The van der Waals surface area contributed by atoms with Crippen LogP contribution in [0.5, 0.6) is 0 Å². The Morgan fingerprint density at radius 1 is 1.26 bits per heavy atom. The number of imidazole rings is 1. The van der Waals surface area contributed by atoms with Crippen molar-refractivity contribution in [3.05, 3.63) is 65.8 Å². The van der Waals surface area contributed by atoms with Crippen LogP contribution in [0.25, 0.3) is 0 Å². The molecule has 0 saturated carbocycles. The summed E-state index contributed by atoms with van der Waals surface area (Å²) < 4.78 is 7.36. The van der Waals surface area contributed by atoms with Gasteiger partial charge in [-0.3, -0.25) is 9.69 Å². The maximum Gasteiger partial charge on any atom is 0.290 e. The van der Waals surface area contributed by atoms with Crippen molar-refractivity contribution in [2.75, 3.05) is 13.1 Å². The number of nitrogens with two attached hydrogens (primary N) is 1. The third kappa shape index (κ3) is 4.06. The average molecular weight is 366 g/mol. The van der Waals surface area contributed by atoms with Gasteiger partial charge in [0.25, 0.3) is 11.7 Å². The van der Waals surface area contributed by atoms with E-state index in [1.165, 1.54) is 5.56 Å². The summed E-state index contributed by atoms with van der Waals surface area (Å²) in [5, 5.41) is 3.61. The van der Waals surface area contributed by atoms with Gasteiger partial charge >= 0.3 is 0 Å². The predicted octanol–water partition coefficient (Wildman–Crippen LogP) is 1.79. The van der Waals surface area contributed by atoms with E-state index < -0.39 is 5.91 Å². The van der Waals surface area contributed by atoms with Crippen molar-refractivity contribution in [2.24, 2.45) is 5.73 Å². The number of likely N-dealkylation sites (tertiary alicyclic amines) is 1. The van der Waals surface area contributed by atoms with Crippen molar-refractivity contribution in [3.63, 3.8) is 0 Å². The SMILES string of the molecule is NC(=O)c1noc(CN2CCC[C@@H](c3nccn3Cc3ccccc3)C2)n1. The molecule has 1 fully saturated rings. The first-order valence-corrected chi connectivity index (χ1v) is 9.09. The van der Waals surface area contributed by atoms with Crippen LogP contribution in [-0.4, -0.2) is 43.6 Å². The minimum Gasteiger partial charge on any atom is -0.363 e. The van der Waals surface area contributed by atoms with Crippen molar-refractivity contribution < 1.29 is 9.32 Å². The number of amides is 1. The highest BCUT2D eigenvalue weighted by atomic mass is 16.5. The fraction of sp³-hybridized carbons (Fsp3) is 0.368. The molecule has 8 heteroatoms. The minimum absolute atomic E-state index is 0.0723. The van der Waals surface area contributed by atoms with E-state index in [4.69, 9.17) is 10.3 Å². The first-order valence-electron chi connectivity index (χ1n) is 9.09. The molecule has 2 aromatic heterocycles. The Hall–Kier alpha value is -3.00. The molecule has 1 aliphatic rings. The van der Waals surface area contributed by atoms with E-state index in [9.17, 15) is 4.79 Å². The van der Waals surface area contributed by atoms with E-state index in [2.05, 4.69) is 48.9 Å². The molecule has 8 nitrogen and oxygen atoms in total. The molecule has 1 aliphatic heterocycles. The zero-order valence-corrected chi connectivity index (χ0v) is 15.0. The first-order chi connectivity index (χ1) is 13.2. The number of carbonyl (C=O) groups is 1. The third-order valence-electron chi connectivity index (χ3n) is 4.86. The predicted molar refractivity (Wildman–Crippen MR) is 97.8 cm³/mol. The summed E-state index contributed by atoms with van der Waals surface area (Å²) in [6.07, 6.45) is 6.07. The quantitative estimate of drug-likeness (QED) is 0.713. The van der Waals surface area contributed by atoms with E-state index in [0.717, 1.165) is 38.3 Å². The summed E-state index contributed by atoms with van der Waals surface area (Å²) in [5.41, 5.74) is 6.44. The second kappa shape index (κ2) is 7.71. The van der Waals surface area contributed by atoms with Gasteiger partial charge in [0.2, 0.25) is 5.89 Å². The number of benzene rings is 1. The molecule has 3 aromatic rings. The summed E-state index contributed by atoms with van der Waals surface area (Å²) in [6.45, 7) is 3.14. The first kappa shape index (κ1) is 17.4. The second-order valence-corrected chi connectivity index (χ2v) is 6.85. The number of nitrogens with zero attached hydrogens (tertiary/aromatic N) is 5. The minimum atomic E-state index is -0.676. The van der Waals surface area contributed by atoms with E-state index in [0.29, 0.717) is 18.4 Å². The van der Waals surface area contributed by atoms with Crippen molar-refractivity contribution in [1.29, 1.82) is 0 Å². The Labute approximate surface area is 157 Å². The number of hydrogen-bond donors (Lipinski definition) is 1. The molecule has 1 amide bonds. The molecule has 1 saturated heterocycles. The Balaban J connectivity index is 1.44. The van der Waals surface area contributed by atoms with Crippen LogP contribution in [0.3, 0.4) is 0 Å². The van der Waals surface area contributed by atoms with Crippen LogP contribution in [0.2, 0.25) is 0 Å². The van der Waals surface area contributed by atoms with E-state index in [1.54, 1.807) is 0 Å². The zero-order chi connectivity index (χ0) is 18.6. The number of piperidine rings is 1. The van der Waals surface area contributed by atoms with Crippen LogP contribution < -0.4 is 5.73 Å². The van der Waals surface area contributed by atoms with Crippen LogP contribution in [0, 0.1) is 0 Å². The van der Waals surface area contributed by atoms with Gasteiger partial charge < -0.3 is 14.8 Å². The molecule has 27 heavy (non-hydrogen) atoms. The highest BCUT2D eigenvalue weighted by molar-refractivity contribution is 5.88. The standard InChI is InChI=1S/C19H22N6O2/c20-17(26)18-22-16(27-23-18)13-24-9-4-7-15(12-24)19-21-8-10-25(19)11-14-5-2-1-3-6-14/h1-3,5-6,8,10,15H,4,7,9,11-13H2,(H2,20,26)/t15-/m1/s1. The molecular formula is C19H22N6O2. The topological polar surface area (TPSA) is 103 Å². The average Bonchev–Trinajstić information content (AvgIpc) is 3.32. The number of aromatic nitrogens is 4. The van der Waals surface area contributed by atoms with Gasteiger partial charge in [-0.1, -0.05) is 35.5 Å². The molecule has 1 aromatic carbocycles. The van der Waals surface area contributed by atoms with Crippen molar-refractivity contribution in [1.82, 2.24) is 24.6 Å². The maximum absolute atomic E-state index is 11.1. The van der Waals surface area contributed by atoms with Crippen molar-refractivity contribution in [3.8, 4) is 0 Å². The molecule has 0 spiro atoms. The van der Waals surface area contributed by atoms with Gasteiger partial charge in [-0.2, -0.15) is 4.98 Å². The van der Waals surface area contributed by atoms with Crippen LogP contribution >= 0.6 is 0 Å². The van der Waals surface area contributed by atoms with E-state index >= 15 is 0 Å². The van der Waals surface area contributed by atoms with Crippen LogP contribution in [0.15, 0.2) is 47.2 Å². The smallest absolute Gasteiger partial charge is 0.290 e. The number of carbonyl (C=O) groups excluding carboxylic acids is 1. The Morgan fingerprint density at radius 3 is 2.89 bits per heavy atom. The molecule has 140 valence electrons. The normalized spacial score (nSPS) is 17.9. The fourth-order valence-electron chi connectivity index (χ4n) is 3.61. The van der Waals surface area contributed by atoms with Gasteiger partial charge in [-0.25, -0.2) is 4.98 Å². The molecule has 3 heterocycles. The van der Waals surface area contributed by atoms with Crippen molar-refractivity contribution in [2.45, 2.75) is 31.8 Å². The van der Waals surface area contributed by atoms with Crippen LogP contribution in [0.4, 0.5) is 0 Å². The monoisotopic (exact) mass is 366 g/mol. The fourth-order valence-corrected chi connectivity index (χ4v) is 3.61. The highest BCUT2D eigenvalue weighted by Crippen LogP contribution is 2.27. The number of primary amides is 1. The molecule has 0 bridgehead atoms. The van der Waals surface area contributed by atoms with E-state index in [1.807, 2.05) is 18.5 Å². The number of rotatable bonds is 6. The molecule has 1 atom stereocenters. The maximum atomic E-state index is 11.1. The Kier molecular flexibility index (Phi) is 4.97. The molecule has 0 aliphatic carbocycles. The largest absolute Gasteiger partial charge is 0.363 e. The van der Waals surface area contributed by atoms with Gasteiger partial charge in [0.1, 0.15) is 5.82 Å². The molecule has 0 unspecified atom stereocenters. The summed E-state index contributed by atoms with van der Waals surface area (Å²) in [5.74, 6) is 1.11. The van der Waals surface area contributed by atoms with Gasteiger partial charge in [-0.05, 0) is 24.9 Å². The Morgan fingerprint density at radius 2 is 2.11 bits per heavy atom.